The molecule has 1 atom stereocenters. The van der Waals surface area contributed by atoms with E-state index in [4.69, 9.17) is 0 Å². The summed E-state index contributed by atoms with van der Waals surface area (Å²) in [6.07, 6.45) is 2.74. The summed E-state index contributed by atoms with van der Waals surface area (Å²) in [5, 5.41) is 3.53. The van der Waals surface area contributed by atoms with Crippen LogP contribution >= 0.6 is 0 Å². The molecule has 4 nitrogen and oxygen atoms in total. The van der Waals surface area contributed by atoms with E-state index in [0.717, 1.165) is 30.0 Å². The van der Waals surface area contributed by atoms with E-state index in [-0.39, 0.29) is 6.04 Å². The summed E-state index contributed by atoms with van der Waals surface area (Å²) >= 11 is 0. The fraction of sp³-hybridized carbons (Fsp3) is 0.200. The highest BCUT2D eigenvalue weighted by atomic mass is 15.1. The first kappa shape index (κ1) is 10.7. The van der Waals surface area contributed by atoms with Gasteiger partial charge < -0.3 is 10.3 Å². The SMILES string of the molecule is c1ccc2c(c1)CNC(c1nc3ncccc3[nH]1)C2. The normalized spacial score (nSPS) is 18.4. The van der Waals surface area contributed by atoms with Gasteiger partial charge in [-0.1, -0.05) is 24.3 Å². The third kappa shape index (κ3) is 1.81. The second-order valence-corrected chi connectivity index (χ2v) is 4.90. The number of hydrogen-bond donors (Lipinski definition) is 2. The number of nitrogens with zero attached hydrogens (tertiary/aromatic N) is 2. The molecule has 2 aromatic heterocycles. The van der Waals surface area contributed by atoms with Crippen molar-refractivity contribution in [1.29, 1.82) is 0 Å². The van der Waals surface area contributed by atoms with Crippen LogP contribution in [0.2, 0.25) is 0 Å². The molecular formula is C15H14N4. The zero-order chi connectivity index (χ0) is 12.7. The van der Waals surface area contributed by atoms with Crippen molar-refractivity contribution in [3.63, 3.8) is 0 Å². The molecule has 0 radical (unpaired) electrons. The van der Waals surface area contributed by atoms with Crippen LogP contribution in [0.15, 0.2) is 42.6 Å². The molecule has 2 N–H and O–H groups in total. The molecule has 0 saturated carbocycles. The first-order valence-corrected chi connectivity index (χ1v) is 6.51. The highest BCUT2D eigenvalue weighted by molar-refractivity contribution is 5.70. The molecule has 94 valence electrons. The Kier molecular flexibility index (Phi) is 2.35. The number of imidazole rings is 1. The van der Waals surface area contributed by atoms with Crippen LogP contribution in [-0.2, 0) is 13.0 Å². The Morgan fingerprint density at radius 1 is 1.05 bits per heavy atom. The highest BCUT2D eigenvalue weighted by Crippen LogP contribution is 2.25. The number of pyridine rings is 1. The maximum absolute atomic E-state index is 4.58. The lowest BCUT2D eigenvalue weighted by Crippen LogP contribution is -2.29. The molecule has 1 aliphatic rings. The van der Waals surface area contributed by atoms with Gasteiger partial charge in [-0.25, -0.2) is 9.97 Å². The molecule has 1 unspecified atom stereocenters. The highest BCUT2D eigenvalue weighted by Gasteiger charge is 2.21. The van der Waals surface area contributed by atoms with Crippen molar-refractivity contribution in [3.8, 4) is 0 Å². The number of H-pyrrole nitrogens is 1. The maximum Gasteiger partial charge on any atom is 0.177 e. The number of aromatic nitrogens is 3. The Morgan fingerprint density at radius 3 is 2.84 bits per heavy atom. The lowest BCUT2D eigenvalue weighted by atomic mass is 9.96. The molecule has 1 aromatic carbocycles. The molecule has 3 aromatic rings. The summed E-state index contributed by atoms with van der Waals surface area (Å²) in [7, 11) is 0. The maximum atomic E-state index is 4.58. The van der Waals surface area contributed by atoms with E-state index in [1.54, 1.807) is 6.20 Å². The average molecular weight is 250 g/mol. The Hall–Kier alpha value is -2.20. The van der Waals surface area contributed by atoms with Gasteiger partial charge in [0, 0.05) is 12.7 Å². The fourth-order valence-electron chi connectivity index (χ4n) is 2.68. The molecule has 0 spiro atoms. The van der Waals surface area contributed by atoms with Crippen molar-refractivity contribution in [2.24, 2.45) is 0 Å². The van der Waals surface area contributed by atoms with E-state index in [1.807, 2.05) is 12.1 Å². The van der Waals surface area contributed by atoms with Gasteiger partial charge in [0.2, 0.25) is 0 Å². The fourth-order valence-corrected chi connectivity index (χ4v) is 2.68. The van der Waals surface area contributed by atoms with Gasteiger partial charge in [0.15, 0.2) is 5.65 Å². The summed E-state index contributed by atoms with van der Waals surface area (Å²) in [6, 6.07) is 12.7. The number of hydrogen-bond acceptors (Lipinski definition) is 3. The molecule has 0 aliphatic carbocycles. The molecule has 4 rings (SSSR count). The topological polar surface area (TPSA) is 53.6 Å². The van der Waals surface area contributed by atoms with Crippen LogP contribution in [0.3, 0.4) is 0 Å². The lowest BCUT2D eigenvalue weighted by Gasteiger charge is -2.24. The van der Waals surface area contributed by atoms with Gasteiger partial charge in [0.05, 0.1) is 11.6 Å². The van der Waals surface area contributed by atoms with Crippen molar-refractivity contribution in [2.75, 3.05) is 0 Å². The molecule has 1 aliphatic heterocycles. The van der Waals surface area contributed by atoms with Crippen molar-refractivity contribution in [2.45, 2.75) is 19.0 Å². The second-order valence-electron chi connectivity index (χ2n) is 4.90. The number of aromatic amines is 1. The van der Waals surface area contributed by atoms with Gasteiger partial charge in [-0.15, -0.1) is 0 Å². The van der Waals surface area contributed by atoms with Gasteiger partial charge in [0.25, 0.3) is 0 Å². The van der Waals surface area contributed by atoms with Gasteiger partial charge in [-0.3, -0.25) is 0 Å². The second kappa shape index (κ2) is 4.17. The van der Waals surface area contributed by atoms with Crippen molar-refractivity contribution in [1.82, 2.24) is 20.3 Å². The minimum atomic E-state index is 0.240. The summed E-state index contributed by atoms with van der Waals surface area (Å²) in [5.41, 5.74) is 4.57. The first-order chi connectivity index (χ1) is 9.40. The van der Waals surface area contributed by atoms with Crippen LogP contribution in [0.25, 0.3) is 11.2 Å². The molecular weight excluding hydrogens is 236 g/mol. The Balaban J connectivity index is 1.70. The van der Waals surface area contributed by atoms with Crippen molar-refractivity contribution in [3.05, 3.63) is 59.5 Å². The van der Waals surface area contributed by atoms with E-state index in [0.29, 0.717) is 0 Å². The van der Waals surface area contributed by atoms with E-state index >= 15 is 0 Å². The molecule has 3 heterocycles. The number of fused-ring (bicyclic) bond motifs is 2. The smallest absolute Gasteiger partial charge is 0.177 e. The Bertz CT molecular complexity index is 699. The molecule has 0 bridgehead atoms. The zero-order valence-corrected chi connectivity index (χ0v) is 10.4. The Labute approximate surface area is 110 Å². The lowest BCUT2D eigenvalue weighted by molar-refractivity contribution is 0.481. The average Bonchev–Trinajstić information content (AvgIpc) is 2.90. The monoisotopic (exact) mass is 250 g/mol. The predicted octanol–water partition coefficient (Wildman–Crippen LogP) is 2.34. The summed E-state index contributed by atoms with van der Waals surface area (Å²) < 4.78 is 0. The van der Waals surface area contributed by atoms with E-state index < -0.39 is 0 Å². The van der Waals surface area contributed by atoms with Crippen LogP contribution in [0, 0.1) is 0 Å². The molecule has 0 fully saturated rings. The molecule has 19 heavy (non-hydrogen) atoms. The van der Waals surface area contributed by atoms with Crippen LogP contribution < -0.4 is 5.32 Å². The van der Waals surface area contributed by atoms with Gasteiger partial charge in [0.1, 0.15) is 5.82 Å². The number of nitrogens with one attached hydrogen (secondary N) is 2. The largest absolute Gasteiger partial charge is 0.339 e. The minimum Gasteiger partial charge on any atom is -0.339 e. The molecule has 0 saturated heterocycles. The molecule has 4 heteroatoms. The van der Waals surface area contributed by atoms with Crippen LogP contribution in [0.5, 0.6) is 0 Å². The van der Waals surface area contributed by atoms with E-state index in [1.165, 1.54) is 11.1 Å². The standard InChI is InChI=1S/C15H14N4/c1-2-5-11-9-17-13(8-10(11)4-1)15-18-12-6-3-7-16-14(12)19-15/h1-7,13,17H,8-9H2,(H,16,18,19). The third-order valence-electron chi connectivity index (χ3n) is 3.69. The molecule has 0 amide bonds. The summed E-state index contributed by atoms with van der Waals surface area (Å²) in [5.74, 6) is 0.975. The van der Waals surface area contributed by atoms with E-state index in [9.17, 15) is 0 Å². The predicted molar refractivity (Wildman–Crippen MR) is 73.6 cm³/mol. The third-order valence-corrected chi connectivity index (χ3v) is 3.69. The van der Waals surface area contributed by atoms with Gasteiger partial charge in [-0.05, 0) is 29.7 Å². The van der Waals surface area contributed by atoms with Crippen LogP contribution in [0.4, 0.5) is 0 Å². The zero-order valence-electron chi connectivity index (χ0n) is 10.4. The summed E-state index contributed by atoms with van der Waals surface area (Å²) in [6.45, 7) is 0.894. The van der Waals surface area contributed by atoms with Crippen molar-refractivity contribution < 1.29 is 0 Å². The van der Waals surface area contributed by atoms with Crippen LogP contribution in [-0.4, -0.2) is 15.0 Å². The van der Waals surface area contributed by atoms with Gasteiger partial charge >= 0.3 is 0 Å². The first-order valence-electron chi connectivity index (χ1n) is 6.51. The Morgan fingerprint density at radius 2 is 1.95 bits per heavy atom. The number of rotatable bonds is 1. The summed E-state index contributed by atoms with van der Waals surface area (Å²) in [4.78, 5) is 12.2. The quantitative estimate of drug-likeness (QED) is 0.697. The van der Waals surface area contributed by atoms with Crippen molar-refractivity contribution >= 4 is 11.2 Å². The van der Waals surface area contributed by atoms with E-state index in [2.05, 4.69) is 44.5 Å². The number of benzene rings is 1. The van der Waals surface area contributed by atoms with Crippen LogP contribution in [0.1, 0.15) is 23.0 Å². The minimum absolute atomic E-state index is 0.240. The van der Waals surface area contributed by atoms with Gasteiger partial charge in [-0.2, -0.15) is 0 Å².